The van der Waals surface area contributed by atoms with Gasteiger partial charge in [0.25, 0.3) is 5.82 Å². The van der Waals surface area contributed by atoms with Gasteiger partial charge < -0.3 is 18.1 Å². The molecule has 5 aromatic rings. The first-order valence-electron chi connectivity index (χ1n) is 10.8. The maximum Gasteiger partial charge on any atom is 0.573 e. The minimum absolute atomic E-state index is 0.613. The topological polar surface area (TPSA) is 24.4 Å². The van der Waals surface area contributed by atoms with Crippen LogP contribution in [-0.2, 0) is 0 Å². The summed E-state index contributed by atoms with van der Waals surface area (Å²) in [6.45, 7) is -2.90. The molecule has 32 heavy (non-hydrogen) atoms. The molecule has 0 amide bonds. The number of nitrogens with zero attached hydrogens (tertiary/aromatic N) is 4. The zero-order chi connectivity index (χ0) is 21.0. The van der Waals surface area contributed by atoms with Gasteiger partial charge in [0, 0.05) is 51.4 Å². The Morgan fingerprint density at radius 1 is 0.875 bits per heavy atom. The number of allylic oxidation sites excluding steroid dienone is 2. The number of para-hydroxylation sites is 1. The Balaban J connectivity index is 1.67. The summed E-state index contributed by atoms with van der Waals surface area (Å²) in [5.41, 5.74) is 3.70. The maximum absolute atomic E-state index is 17.9. The third-order valence-electron chi connectivity index (χ3n) is 7.10. The highest BCUT2D eigenvalue weighted by atomic mass is 19.1. The molecule has 1 unspecified atom stereocenters. The van der Waals surface area contributed by atoms with E-state index in [4.69, 9.17) is 4.99 Å². The van der Waals surface area contributed by atoms with Gasteiger partial charge in [-0.25, -0.2) is 0 Å². The van der Waals surface area contributed by atoms with Crippen LogP contribution in [-0.4, -0.2) is 22.0 Å². The molecule has 3 aromatic carbocycles. The van der Waals surface area contributed by atoms with Crippen molar-refractivity contribution in [2.24, 2.45) is 4.99 Å². The van der Waals surface area contributed by atoms with Crippen molar-refractivity contribution in [3.8, 4) is 0 Å². The summed E-state index contributed by atoms with van der Waals surface area (Å²) in [7, 11) is 0. The van der Waals surface area contributed by atoms with E-state index in [9.17, 15) is 0 Å². The quantitative estimate of drug-likeness (QED) is 0.316. The summed E-state index contributed by atoms with van der Waals surface area (Å²) in [4.78, 5) is 6.57. The van der Waals surface area contributed by atoms with Gasteiger partial charge in [-0.1, -0.05) is 60.7 Å². The first-order valence-corrected chi connectivity index (χ1v) is 10.8. The summed E-state index contributed by atoms with van der Waals surface area (Å²) in [6, 6.07) is 24.4. The van der Waals surface area contributed by atoms with E-state index in [2.05, 4.69) is 48.5 Å². The smallest absolute Gasteiger partial charge is 0.425 e. The van der Waals surface area contributed by atoms with Crippen molar-refractivity contribution in [1.29, 1.82) is 0 Å². The summed E-state index contributed by atoms with van der Waals surface area (Å²) >= 11 is 0. The van der Waals surface area contributed by atoms with Gasteiger partial charge in [-0.3, -0.25) is 0 Å². The monoisotopic (exact) mass is 414 g/mol. The molecule has 6 heteroatoms. The van der Waals surface area contributed by atoms with E-state index in [1.807, 2.05) is 47.0 Å². The van der Waals surface area contributed by atoms with Crippen molar-refractivity contribution in [3.63, 3.8) is 0 Å². The van der Waals surface area contributed by atoms with Gasteiger partial charge in [0.2, 0.25) is 5.84 Å². The Bertz CT molecular complexity index is 1760. The van der Waals surface area contributed by atoms with Crippen LogP contribution in [0.1, 0.15) is 5.56 Å². The molecule has 150 valence electrons. The average molecular weight is 414 g/mol. The second-order valence-electron chi connectivity index (χ2n) is 8.61. The zero-order valence-electron chi connectivity index (χ0n) is 17.0. The standard InChI is InChI=1S/C26H16BFN4/c28-27-30-16-4-3-12-23(30)29-24-13-6-11-21(31(24)27)19-9-5-10-20-25-18-8-2-1-7-17(18)14-15-22(25)32(27)26(19)20/h1-16H. The molecule has 3 aliphatic rings. The molecule has 8 rings (SSSR count). The summed E-state index contributed by atoms with van der Waals surface area (Å²) < 4.78 is 21.5. The van der Waals surface area contributed by atoms with Crippen molar-refractivity contribution < 1.29 is 8.79 Å². The van der Waals surface area contributed by atoms with Crippen molar-refractivity contribution >= 4 is 56.8 Å². The highest BCUT2D eigenvalue weighted by Gasteiger charge is 2.55. The predicted octanol–water partition coefficient (Wildman–Crippen LogP) is 5.31. The highest BCUT2D eigenvalue weighted by molar-refractivity contribution is 6.69. The number of benzene rings is 3. The lowest BCUT2D eigenvalue weighted by molar-refractivity contribution is -0.553. The van der Waals surface area contributed by atoms with Crippen LogP contribution in [0, 0.1) is 0 Å². The number of hydrogen-bond acceptors (Lipinski definition) is 2. The van der Waals surface area contributed by atoms with Crippen LogP contribution in [0.2, 0.25) is 0 Å². The fourth-order valence-corrected chi connectivity index (χ4v) is 5.88. The molecular formula is C26H16BFN4. The van der Waals surface area contributed by atoms with Crippen molar-refractivity contribution in [3.05, 3.63) is 103 Å². The lowest BCUT2D eigenvalue weighted by Crippen LogP contribution is -2.78. The molecule has 0 bridgehead atoms. The van der Waals surface area contributed by atoms with Crippen LogP contribution in [0.4, 0.5) is 10.1 Å². The van der Waals surface area contributed by atoms with Crippen molar-refractivity contribution in [1.82, 2.24) is 9.29 Å². The lowest BCUT2D eigenvalue weighted by Gasteiger charge is -2.50. The minimum Gasteiger partial charge on any atom is -0.425 e. The van der Waals surface area contributed by atoms with Crippen LogP contribution in [0.5, 0.6) is 0 Å². The number of hydrogen-bond donors (Lipinski definition) is 0. The van der Waals surface area contributed by atoms with Crippen molar-refractivity contribution in [2.45, 2.75) is 0 Å². The molecular weight excluding hydrogens is 398 g/mol. The van der Waals surface area contributed by atoms with Crippen LogP contribution in [0.3, 0.4) is 0 Å². The SMILES string of the molecule is F[B-]12N3C(=CC=CC3=Nc3cccc[n+]31)c1cccc3c4c5ccccc5ccc4n2c13. The molecule has 0 radical (unpaired) electrons. The lowest BCUT2D eigenvalue weighted by atomic mass is 9.74. The number of amidine groups is 1. The van der Waals surface area contributed by atoms with Gasteiger partial charge in [0.05, 0.1) is 0 Å². The van der Waals surface area contributed by atoms with E-state index in [0.717, 1.165) is 43.8 Å². The molecule has 3 aliphatic heterocycles. The molecule has 1 atom stereocenters. The summed E-state index contributed by atoms with van der Waals surface area (Å²) in [5, 5.41) is 4.46. The zero-order valence-corrected chi connectivity index (χ0v) is 17.0. The van der Waals surface area contributed by atoms with Crippen molar-refractivity contribution in [2.75, 3.05) is 0 Å². The Hall–Kier alpha value is -4.19. The number of fused-ring (bicyclic) bond motifs is 9. The van der Waals surface area contributed by atoms with Crippen LogP contribution < -0.4 is 4.48 Å². The van der Waals surface area contributed by atoms with Gasteiger partial charge in [-0.15, -0.1) is 0 Å². The summed E-state index contributed by atoms with van der Waals surface area (Å²) in [6.07, 6.45) is 7.66. The van der Waals surface area contributed by atoms with Crippen LogP contribution in [0.15, 0.2) is 102 Å². The minimum atomic E-state index is -2.90. The molecule has 0 spiro atoms. The fourth-order valence-electron chi connectivity index (χ4n) is 5.88. The Labute approximate surface area is 182 Å². The second kappa shape index (κ2) is 5.35. The Morgan fingerprint density at radius 3 is 2.72 bits per heavy atom. The highest BCUT2D eigenvalue weighted by Crippen LogP contribution is 2.46. The van der Waals surface area contributed by atoms with E-state index in [0.29, 0.717) is 11.7 Å². The number of halogens is 1. The molecule has 0 saturated carbocycles. The molecule has 0 fully saturated rings. The van der Waals surface area contributed by atoms with Crippen LogP contribution >= 0.6 is 0 Å². The molecule has 0 saturated heterocycles. The second-order valence-corrected chi connectivity index (χ2v) is 8.61. The fraction of sp³-hybridized carbons (Fsp3) is 0. The Kier molecular flexibility index (Phi) is 2.76. The van der Waals surface area contributed by atoms with E-state index in [1.54, 1.807) is 15.5 Å². The van der Waals surface area contributed by atoms with E-state index >= 15 is 4.32 Å². The molecule has 5 heterocycles. The molecule has 2 aromatic heterocycles. The Morgan fingerprint density at radius 2 is 1.75 bits per heavy atom. The first kappa shape index (κ1) is 16.5. The number of aromatic nitrogens is 2. The van der Waals surface area contributed by atoms with Gasteiger partial charge >= 0.3 is 6.83 Å². The maximum atomic E-state index is 17.9. The number of pyridine rings is 1. The van der Waals surface area contributed by atoms with Gasteiger partial charge in [-0.2, -0.15) is 0 Å². The third-order valence-corrected chi connectivity index (χ3v) is 7.10. The van der Waals surface area contributed by atoms with Gasteiger partial charge in [0.1, 0.15) is 0 Å². The normalized spacial score (nSPS) is 20.3. The molecule has 0 N–H and O–H groups in total. The molecule has 0 aliphatic carbocycles. The molecule has 4 nitrogen and oxygen atoms in total. The third kappa shape index (κ3) is 1.70. The average Bonchev–Trinajstić information content (AvgIpc) is 3.19. The van der Waals surface area contributed by atoms with E-state index in [-0.39, 0.29) is 0 Å². The van der Waals surface area contributed by atoms with E-state index < -0.39 is 6.83 Å². The predicted molar refractivity (Wildman–Crippen MR) is 127 cm³/mol. The van der Waals surface area contributed by atoms with Gasteiger partial charge in [0.15, 0.2) is 0 Å². The first-order chi connectivity index (χ1) is 15.8. The summed E-state index contributed by atoms with van der Waals surface area (Å²) in [5.74, 6) is 1.24. The number of aliphatic imine (C=N–C) groups is 1. The number of rotatable bonds is 0. The largest absolute Gasteiger partial charge is 0.573 e. The van der Waals surface area contributed by atoms with Crippen LogP contribution in [0.25, 0.3) is 38.3 Å². The van der Waals surface area contributed by atoms with Gasteiger partial charge in [-0.05, 0) is 34.0 Å². The van der Waals surface area contributed by atoms with E-state index in [1.165, 1.54) is 0 Å².